The number of hydrazine groups is 1. The summed E-state index contributed by atoms with van der Waals surface area (Å²) in [6.45, 7) is 0. The summed E-state index contributed by atoms with van der Waals surface area (Å²) < 4.78 is 0. The molecule has 0 atom stereocenters. The van der Waals surface area contributed by atoms with Gasteiger partial charge in [-0.25, -0.2) is 9.80 Å². The van der Waals surface area contributed by atoms with Crippen LogP contribution in [-0.4, -0.2) is 11.9 Å². The molecule has 0 aromatic heterocycles. The lowest BCUT2D eigenvalue weighted by molar-refractivity contribution is -0.120. The standard InChI is InChI=1S/C15H14ClN3O2/c16-12-7-4-8-13(10-12)19(15(17)21)18-14(20)9-11-5-2-1-3-6-11/h1-8,10H,9H2,(H2,17,21)(H,18,20). The van der Waals surface area contributed by atoms with Crippen LogP contribution in [0.3, 0.4) is 0 Å². The zero-order valence-corrected chi connectivity index (χ0v) is 11.9. The molecule has 2 rings (SSSR count). The fourth-order valence-corrected chi connectivity index (χ4v) is 1.99. The zero-order valence-electron chi connectivity index (χ0n) is 11.1. The average Bonchev–Trinajstić information content (AvgIpc) is 2.45. The quantitative estimate of drug-likeness (QED) is 0.855. The summed E-state index contributed by atoms with van der Waals surface area (Å²) in [6, 6.07) is 14.9. The van der Waals surface area contributed by atoms with Crippen LogP contribution < -0.4 is 16.2 Å². The lowest BCUT2D eigenvalue weighted by atomic mass is 10.1. The SMILES string of the molecule is NC(=O)N(NC(=O)Cc1ccccc1)c1cccc(Cl)c1. The first-order valence-electron chi connectivity index (χ1n) is 6.25. The molecule has 0 unspecified atom stereocenters. The Labute approximate surface area is 127 Å². The second-order valence-electron chi connectivity index (χ2n) is 4.35. The highest BCUT2D eigenvalue weighted by Gasteiger charge is 2.16. The largest absolute Gasteiger partial charge is 0.350 e. The molecular formula is C15H14ClN3O2. The molecule has 0 fully saturated rings. The van der Waals surface area contributed by atoms with Crippen molar-refractivity contribution in [1.29, 1.82) is 0 Å². The van der Waals surface area contributed by atoms with Crippen LogP contribution in [0, 0.1) is 0 Å². The number of nitrogens with zero attached hydrogens (tertiary/aromatic N) is 1. The first kappa shape index (κ1) is 14.9. The summed E-state index contributed by atoms with van der Waals surface area (Å²) in [6.07, 6.45) is 0.144. The summed E-state index contributed by atoms with van der Waals surface area (Å²) in [7, 11) is 0. The number of benzene rings is 2. The molecular weight excluding hydrogens is 290 g/mol. The second-order valence-corrected chi connectivity index (χ2v) is 4.79. The molecule has 0 radical (unpaired) electrons. The molecule has 3 amide bonds. The fraction of sp³-hybridized carbons (Fsp3) is 0.0667. The summed E-state index contributed by atoms with van der Waals surface area (Å²) in [4.78, 5) is 23.5. The van der Waals surface area contributed by atoms with E-state index in [0.29, 0.717) is 10.7 Å². The summed E-state index contributed by atoms with van der Waals surface area (Å²) in [5.74, 6) is -0.347. The van der Waals surface area contributed by atoms with Gasteiger partial charge < -0.3 is 5.73 Å². The zero-order chi connectivity index (χ0) is 15.2. The van der Waals surface area contributed by atoms with E-state index in [4.69, 9.17) is 17.3 Å². The van der Waals surface area contributed by atoms with E-state index < -0.39 is 6.03 Å². The van der Waals surface area contributed by atoms with E-state index in [-0.39, 0.29) is 12.3 Å². The van der Waals surface area contributed by atoms with Crippen molar-refractivity contribution in [3.05, 3.63) is 65.2 Å². The van der Waals surface area contributed by atoms with E-state index in [9.17, 15) is 9.59 Å². The van der Waals surface area contributed by atoms with Gasteiger partial charge in [0.1, 0.15) is 0 Å². The van der Waals surface area contributed by atoms with Gasteiger partial charge in [-0.05, 0) is 23.8 Å². The van der Waals surface area contributed by atoms with Gasteiger partial charge in [-0.3, -0.25) is 10.2 Å². The highest BCUT2D eigenvalue weighted by Crippen LogP contribution is 2.18. The average molecular weight is 304 g/mol. The molecule has 0 bridgehead atoms. The number of rotatable bonds is 3. The van der Waals surface area contributed by atoms with Gasteiger partial charge in [0, 0.05) is 5.02 Å². The molecule has 6 heteroatoms. The van der Waals surface area contributed by atoms with Crippen molar-refractivity contribution in [1.82, 2.24) is 5.43 Å². The molecule has 0 saturated heterocycles. The third-order valence-electron chi connectivity index (χ3n) is 2.73. The van der Waals surface area contributed by atoms with Gasteiger partial charge in [0.05, 0.1) is 12.1 Å². The Morgan fingerprint density at radius 2 is 1.81 bits per heavy atom. The van der Waals surface area contributed by atoms with Crippen LogP contribution >= 0.6 is 11.6 Å². The maximum Gasteiger partial charge on any atom is 0.338 e. The van der Waals surface area contributed by atoms with Crippen LogP contribution in [0.15, 0.2) is 54.6 Å². The predicted molar refractivity (Wildman–Crippen MR) is 81.8 cm³/mol. The molecule has 0 aliphatic carbocycles. The number of nitrogens with two attached hydrogens (primary N) is 1. The van der Waals surface area contributed by atoms with Gasteiger partial charge in [0.2, 0.25) is 5.91 Å². The minimum absolute atomic E-state index is 0.144. The Morgan fingerprint density at radius 3 is 2.43 bits per heavy atom. The van der Waals surface area contributed by atoms with E-state index >= 15 is 0 Å². The van der Waals surface area contributed by atoms with E-state index in [2.05, 4.69) is 5.43 Å². The minimum atomic E-state index is -0.793. The molecule has 0 aliphatic heterocycles. The lowest BCUT2D eigenvalue weighted by Gasteiger charge is -2.21. The van der Waals surface area contributed by atoms with Crippen molar-refractivity contribution in [2.75, 3.05) is 5.01 Å². The monoisotopic (exact) mass is 303 g/mol. The molecule has 2 aromatic carbocycles. The molecule has 5 nitrogen and oxygen atoms in total. The first-order valence-corrected chi connectivity index (χ1v) is 6.62. The van der Waals surface area contributed by atoms with Gasteiger partial charge >= 0.3 is 6.03 Å². The number of carbonyl (C=O) groups is 2. The van der Waals surface area contributed by atoms with Crippen LogP contribution in [0.25, 0.3) is 0 Å². The molecule has 2 aromatic rings. The number of carbonyl (C=O) groups excluding carboxylic acids is 2. The van der Waals surface area contributed by atoms with Crippen molar-refractivity contribution < 1.29 is 9.59 Å². The third kappa shape index (κ3) is 4.22. The van der Waals surface area contributed by atoms with Crippen LogP contribution in [0.4, 0.5) is 10.5 Å². The summed E-state index contributed by atoms with van der Waals surface area (Å²) >= 11 is 5.87. The maximum atomic E-state index is 12.0. The van der Waals surface area contributed by atoms with Gasteiger partial charge in [-0.2, -0.15) is 0 Å². The number of amides is 3. The van der Waals surface area contributed by atoms with E-state index in [1.165, 1.54) is 6.07 Å². The highest BCUT2D eigenvalue weighted by molar-refractivity contribution is 6.30. The Kier molecular flexibility index (Phi) is 4.79. The number of halogens is 1. The number of urea groups is 1. The van der Waals surface area contributed by atoms with Gasteiger partial charge in [-0.1, -0.05) is 48.0 Å². The smallest absolute Gasteiger partial charge is 0.338 e. The Morgan fingerprint density at radius 1 is 1.10 bits per heavy atom. The van der Waals surface area contributed by atoms with E-state index in [1.54, 1.807) is 18.2 Å². The Hall–Kier alpha value is -2.53. The van der Waals surface area contributed by atoms with Crippen molar-refractivity contribution in [3.63, 3.8) is 0 Å². The molecule has 0 spiro atoms. The number of primary amides is 1. The summed E-state index contributed by atoms with van der Waals surface area (Å²) in [5.41, 5.74) is 9.00. The number of nitrogens with one attached hydrogen (secondary N) is 1. The fourth-order valence-electron chi connectivity index (χ4n) is 1.81. The van der Waals surface area contributed by atoms with Gasteiger partial charge in [-0.15, -0.1) is 0 Å². The van der Waals surface area contributed by atoms with Crippen molar-refractivity contribution in [2.45, 2.75) is 6.42 Å². The molecule has 108 valence electrons. The van der Waals surface area contributed by atoms with Gasteiger partial charge in [0.15, 0.2) is 0 Å². The second kappa shape index (κ2) is 6.76. The van der Waals surface area contributed by atoms with E-state index in [0.717, 1.165) is 10.6 Å². The maximum absolute atomic E-state index is 12.0. The number of hydrogen-bond donors (Lipinski definition) is 2. The predicted octanol–water partition coefficient (Wildman–Crippen LogP) is 2.50. The topological polar surface area (TPSA) is 75.4 Å². The Balaban J connectivity index is 2.10. The summed E-state index contributed by atoms with van der Waals surface area (Å²) in [5, 5.41) is 1.41. The molecule has 21 heavy (non-hydrogen) atoms. The van der Waals surface area contributed by atoms with Crippen LogP contribution in [0.1, 0.15) is 5.56 Å². The highest BCUT2D eigenvalue weighted by atomic mass is 35.5. The molecule has 3 N–H and O–H groups in total. The van der Waals surface area contributed by atoms with Crippen LogP contribution in [0.2, 0.25) is 5.02 Å². The first-order chi connectivity index (χ1) is 10.1. The van der Waals surface area contributed by atoms with Gasteiger partial charge in [0.25, 0.3) is 0 Å². The Bertz CT molecular complexity index is 646. The van der Waals surface area contributed by atoms with E-state index in [1.807, 2.05) is 30.3 Å². The third-order valence-corrected chi connectivity index (χ3v) is 2.97. The lowest BCUT2D eigenvalue weighted by Crippen LogP contribution is -2.49. The normalized spacial score (nSPS) is 9.95. The molecule has 0 aliphatic rings. The number of anilines is 1. The van der Waals surface area contributed by atoms with Crippen LogP contribution in [-0.2, 0) is 11.2 Å². The van der Waals surface area contributed by atoms with Crippen molar-refractivity contribution >= 4 is 29.2 Å². The molecule has 0 saturated carbocycles. The van der Waals surface area contributed by atoms with Crippen LogP contribution in [0.5, 0.6) is 0 Å². The number of hydrogen-bond acceptors (Lipinski definition) is 2. The van der Waals surface area contributed by atoms with Crippen molar-refractivity contribution in [3.8, 4) is 0 Å². The minimum Gasteiger partial charge on any atom is -0.350 e. The van der Waals surface area contributed by atoms with Crippen molar-refractivity contribution in [2.24, 2.45) is 5.73 Å². The molecule has 0 heterocycles.